The van der Waals surface area contributed by atoms with Gasteiger partial charge in [0.05, 0.1) is 7.11 Å². The molecule has 0 N–H and O–H groups in total. The van der Waals surface area contributed by atoms with Crippen molar-refractivity contribution in [3.8, 4) is 5.88 Å². The molecule has 2 rings (SSSR count). The highest BCUT2D eigenvalue weighted by molar-refractivity contribution is 7.07. The summed E-state index contributed by atoms with van der Waals surface area (Å²) in [7, 11) is 1.47. The molecule has 0 aliphatic rings. The van der Waals surface area contributed by atoms with Crippen LogP contribution in [0.25, 0.3) is 0 Å². The van der Waals surface area contributed by atoms with E-state index in [2.05, 4.69) is 4.98 Å². The predicted molar refractivity (Wildman–Crippen MR) is 64.2 cm³/mol. The Kier molecular flexibility index (Phi) is 3.72. The molecular weight excluding hydrogens is 238 g/mol. The Balaban J connectivity index is 2.04. The normalized spacial score (nSPS) is 9.94. The van der Waals surface area contributed by atoms with Gasteiger partial charge in [0.15, 0.2) is 0 Å². The molecular formula is C12H11NO3S. The highest BCUT2D eigenvalue weighted by Gasteiger charge is 2.14. The first-order valence-corrected chi connectivity index (χ1v) is 5.92. The number of hydrogen-bond donors (Lipinski definition) is 0. The lowest BCUT2D eigenvalue weighted by Crippen LogP contribution is -2.07. The number of hydrogen-bond acceptors (Lipinski definition) is 5. The molecule has 88 valence electrons. The quantitative estimate of drug-likeness (QED) is 0.781. The van der Waals surface area contributed by atoms with Crippen LogP contribution in [0.2, 0.25) is 0 Å². The fourth-order valence-corrected chi connectivity index (χ4v) is 1.96. The summed E-state index contributed by atoms with van der Waals surface area (Å²) in [4.78, 5) is 15.7. The summed E-state index contributed by atoms with van der Waals surface area (Å²) >= 11 is 1.57. The maximum absolute atomic E-state index is 11.8. The number of rotatable bonds is 4. The Morgan fingerprint density at radius 3 is 3.06 bits per heavy atom. The van der Waals surface area contributed by atoms with Crippen molar-refractivity contribution in [2.75, 3.05) is 7.11 Å². The van der Waals surface area contributed by atoms with Crippen LogP contribution in [0.1, 0.15) is 15.9 Å². The number of nitrogens with zero attached hydrogens (tertiary/aromatic N) is 1. The van der Waals surface area contributed by atoms with Crippen LogP contribution in [0.3, 0.4) is 0 Å². The summed E-state index contributed by atoms with van der Waals surface area (Å²) in [5.41, 5.74) is 1.32. The minimum Gasteiger partial charge on any atom is -0.480 e. The Morgan fingerprint density at radius 1 is 1.47 bits per heavy atom. The molecule has 2 heterocycles. The number of esters is 1. The van der Waals surface area contributed by atoms with E-state index in [1.54, 1.807) is 29.7 Å². The zero-order valence-electron chi connectivity index (χ0n) is 9.25. The molecule has 0 unspecified atom stereocenters. The third-order valence-electron chi connectivity index (χ3n) is 2.13. The van der Waals surface area contributed by atoms with Crippen LogP contribution in [0.4, 0.5) is 0 Å². The van der Waals surface area contributed by atoms with Gasteiger partial charge in [-0.05, 0) is 29.0 Å². The molecule has 0 fully saturated rings. The van der Waals surface area contributed by atoms with E-state index < -0.39 is 5.97 Å². The average Bonchev–Trinajstić information content (AvgIpc) is 2.89. The number of carbonyl (C=O) groups excluding carboxylic acids is 1. The summed E-state index contributed by atoms with van der Waals surface area (Å²) in [6.45, 7) is 0.264. The van der Waals surface area contributed by atoms with Gasteiger partial charge in [0.2, 0.25) is 5.88 Å². The molecule has 2 aromatic heterocycles. The number of aromatic nitrogens is 1. The molecule has 0 spiro atoms. The van der Waals surface area contributed by atoms with E-state index in [0.29, 0.717) is 5.56 Å². The molecule has 0 bridgehead atoms. The summed E-state index contributed by atoms with van der Waals surface area (Å²) in [6.07, 6.45) is 1.56. The van der Waals surface area contributed by atoms with Crippen molar-refractivity contribution in [3.63, 3.8) is 0 Å². The van der Waals surface area contributed by atoms with Gasteiger partial charge in [-0.25, -0.2) is 9.78 Å². The highest BCUT2D eigenvalue weighted by Crippen LogP contribution is 2.16. The fourth-order valence-electron chi connectivity index (χ4n) is 1.31. The van der Waals surface area contributed by atoms with Crippen LogP contribution in [-0.2, 0) is 11.3 Å². The molecule has 17 heavy (non-hydrogen) atoms. The van der Waals surface area contributed by atoms with Gasteiger partial charge in [-0.3, -0.25) is 0 Å². The lowest BCUT2D eigenvalue weighted by Gasteiger charge is -2.06. The predicted octanol–water partition coefficient (Wildman–Crippen LogP) is 2.51. The average molecular weight is 249 g/mol. The monoisotopic (exact) mass is 249 g/mol. The number of methoxy groups -OCH3 is 1. The summed E-state index contributed by atoms with van der Waals surface area (Å²) in [6, 6.07) is 5.21. The number of ether oxygens (including phenoxy) is 2. The molecule has 0 atom stereocenters. The van der Waals surface area contributed by atoms with Gasteiger partial charge in [-0.2, -0.15) is 11.3 Å². The molecule has 0 amide bonds. The molecule has 0 aliphatic carbocycles. The Bertz CT molecular complexity index is 496. The van der Waals surface area contributed by atoms with Crippen molar-refractivity contribution < 1.29 is 14.3 Å². The van der Waals surface area contributed by atoms with E-state index in [9.17, 15) is 4.79 Å². The minimum atomic E-state index is -0.429. The second-order valence-corrected chi connectivity index (χ2v) is 4.05. The second kappa shape index (κ2) is 5.45. The van der Waals surface area contributed by atoms with Crippen molar-refractivity contribution in [2.24, 2.45) is 0 Å². The van der Waals surface area contributed by atoms with Crippen LogP contribution < -0.4 is 4.74 Å². The maximum Gasteiger partial charge on any atom is 0.343 e. The zero-order chi connectivity index (χ0) is 12.1. The van der Waals surface area contributed by atoms with Crippen molar-refractivity contribution in [1.82, 2.24) is 4.98 Å². The van der Waals surface area contributed by atoms with E-state index in [-0.39, 0.29) is 12.5 Å². The summed E-state index contributed by atoms with van der Waals surface area (Å²) < 4.78 is 10.2. The van der Waals surface area contributed by atoms with Gasteiger partial charge < -0.3 is 9.47 Å². The zero-order valence-corrected chi connectivity index (χ0v) is 10.1. The standard InChI is InChI=1S/C12H11NO3S/c1-15-11-10(3-2-5-13-11)12(14)16-7-9-4-6-17-8-9/h2-6,8H,7H2,1H3. The van der Waals surface area contributed by atoms with E-state index in [0.717, 1.165) is 5.56 Å². The highest BCUT2D eigenvalue weighted by atomic mass is 32.1. The molecule has 0 radical (unpaired) electrons. The first-order valence-electron chi connectivity index (χ1n) is 4.98. The molecule has 0 aliphatic heterocycles. The molecule has 0 aromatic carbocycles. The maximum atomic E-state index is 11.8. The van der Waals surface area contributed by atoms with E-state index in [1.807, 2.05) is 16.8 Å². The first-order chi connectivity index (χ1) is 8.31. The number of pyridine rings is 1. The largest absolute Gasteiger partial charge is 0.480 e. The molecule has 0 saturated carbocycles. The smallest absolute Gasteiger partial charge is 0.343 e. The van der Waals surface area contributed by atoms with Crippen LogP contribution in [0.15, 0.2) is 35.2 Å². The summed E-state index contributed by atoms with van der Waals surface area (Å²) in [5, 5.41) is 3.88. The van der Waals surface area contributed by atoms with E-state index in [4.69, 9.17) is 9.47 Å². The second-order valence-electron chi connectivity index (χ2n) is 3.27. The van der Waals surface area contributed by atoms with Gasteiger partial charge >= 0.3 is 5.97 Å². The Hall–Kier alpha value is -1.88. The first kappa shape index (κ1) is 11.6. The van der Waals surface area contributed by atoms with Crippen LogP contribution >= 0.6 is 11.3 Å². The van der Waals surface area contributed by atoms with Crippen molar-refractivity contribution >= 4 is 17.3 Å². The van der Waals surface area contributed by atoms with E-state index in [1.165, 1.54) is 7.11 Å². The van der Waals surface area contributed by atoms with E-state index >= 15 is 0 Å². The van der Waals surface area contributed by atoms with Crippen LogP contribution in [0, 0.1) is 0 Å². The Labute approximate surface area is 103 Å². The van der Waals surface area contributed by atoms with Gasteiger partial charge in [-0.1, -0.05) is 0 Å². The van der Waals surface area contributed by atoms with Gasteiger partial charge in [0.25, 0.3) is 0 Å². The lowest BCUT2D eigenvalue weighted by molar-refractivity contribution is 0.0468. The molecule has 0 saturated heterocycles. The number of carbonyl (C=O) groups is 1. The van der Waals surface area contributed by atoms with Crippen LogP contribution in [-0.4, -0.2) is 18.1 Å². The van der Waals surface area contributed by atoms with Gasteiger partial charge in [0.1, 0.15) is 12.2 Å². The van der Waals surface area contributed by atoms with Crippen LogP contribution in [0.5, 0.6) is 5.88 Å². The third-order valence-corrected chi connectivity index (χ3v) is 2.87. The van der Waals surface area contributed by atoms with Gasteiger partial charge in [-0.15, -0.1) is 0 Å². The third kappa shape index (κ3) is 2.82. The molecule has 4 nitrogen and oxygen atoms in total. The number of thiophene rings is 1. The fraction of sp³-hybridized carbons (Fsp3) is 0.167. The Morgan fingerprint density at radius 2 is 2.35 bits per heavy atom. The van der Waals surface area contributed by atoms with Crippen molar-refractivity contribution in [3.05, 3.63) is 46.3 Å². The SMILES string of the molecule is COc1ncccc1C(=O)OCc1ccsc1. The molecule has 2 aromatic rings. The summed E-state index contributed by atoms with van der Waals surface area (Å²) in [5.74, 6) is -0.149. The topological polar surface area (TPSA) is 48.4 Å². The van der Waals surface area contributed by atoms with Crippen molar-refractivity contribution in [2.45, 2.75) is 6.61 Å². The minimum absolute atomic E-state index is 0.264. The lowest BCUT2D eigenvalue weighted by atomic mass is 10.3. The van der Waals surface area contributed by atoms with Gasteiger partial charge in [0, 0.05) is 11.8 Å². The molecule has 5 heteroatoms. The van der Waals surface area contributed by atoms with Crippen molar-refractivity contribution in [1.29, 1.82) is 0 Å².